The molecule has 1 aliphatic rings. The van der Waals surface area contributed by atoms with E-state index in [-0.39, 0.29) is 28.1 Å². The molecule has 1 heterocycles. The number of rotatable bonds is 4. The zero-order chi connectivity index (χ0) is 15.6. The number of nitro benzene ring substituents is 1. The Kier molecular flexibility index (Phi) is 4.57. The molecule has 1 aromatic carbocycles. The standard InChI is InChI=1S/C14H15ClN2O4/c1-2-3-9-6-13(18)16(8-9)14(19)10-4-5-12(17(20)21)11(15)7-10/h4-5,7,9H,2-3,6,8H2,1H3. The summed E-state index contributed by atoms with van der Waals surface area (Å²) < 4.78 is 0. The Bertz CT molecular complexity index is 603. The van der Waals surface area contributed by atoms with Crippen LogP contribution in [-0.4, -0.2) is 28.2 Å². The molecule has 1 saturated heterocycles. The summed E-state index contributed by atoms with van der Waals surface area (Å²) in [6.45, 7) is 2.44. The Morgan fingerprint density at radius 1 is 1.52 bits per heavy atom. The average Bonchev–Trinajstić information content (AvgIpc) is 2.78. The van der Waals surface area contributed by atoms with Gasteiger partial charge in [0.05, 0.1) is 4.92 Å². The van der Waals surface area contributed by atoms with E-state index in [4.69, 9.17) is 11.6 Å². The third-order valence-electron chi connectivity index (χ3n) is 3.54. The Hall–Kier alpha value is -1.95. The molecule has 2 amide bonds. The van der Waals surface area contributed by atoms with Gasteiger partial charge >= 0.3 is 0 Å². The smallest absolute Gasteiger partial charge is 0.278 e. The number of nitro groups is 1. The number of nitrogens with zero attached hydrogens (tertiary/aromatic N) is 2. The number of carbonyl (C=O) groups excluding carboxylic acids is 2. The first-order valence-corrected chi connectivity index (χ1v) is 7.10. The predicted molar refractivity (Wildman–Crippen MR) is 77.2 cm³/mol. The summed E-state index contributed by atoms with van der Waals surface area (Å²) in [4.78, 5) is 35.5. The van der Waals surface area contributed by atoms with Crippen molar-refractivity contribution in [3.05, 3.63) is 38.9 Å². The topological polar surface area (TPSA) is 80.5 Å². The van der Waals surface area contributed by atoms with Gasteiger partial charge in [0.1, 0.15) is 5.02 Å². The molecular weight excluding hydrogens is 296 g/mol. The zero-order valence-electron chi connectivity index (χ0n) is 11.5. The number of hydrogen-bond acceptors (Lipinski definition) is 4. The van der Waals surface area contributed by atoms with Crippen LogP contribution in [-0.2, 0) is 4.79 Å². The highest BCUT2D eigenvalue weighted by Gasteiger charge is 2.34. The molecule has 7 heteroatoms. The van der Waals surface area contributed by atoms with Crippen molar-refractivity contribution in [1.29, 1.82) is 0 Å². The van der Waals surface area contributed by atoms with E-state index in [1.165, 1.54) is 23.1 Å². The molecule has 0 spiro atoms. The first kappa shape index (κ1) is 15.4. The minimum atomic E-state index is -0.616. The van der Waals surface area contributed by atoms with Crippen molar-refractivity contribution in [2.75, 3.05) is 6.54 Å². The molecule has 0 aliphatic carbocycles. The fourth-order valence-electron chi connectivity index (χ4n) is 2.52. The van der Waals surface area contributed by atoms with Crippen LogP contribution in [0.15, 0.2) is 18.2 Å². The molecule has 112 valence electrons. The van der Waals surface area contributed by atoms with Gasteiger partial charge in [0.15, 0.2) is 0 Å². The highest BCUT2D eigenvalue weighted by atomic mass is 35.5. The lowest BCUT2D eigenvalue weighted by atomic mass is 10.0. The molecular formula is C14H15ClN2O4. The van der Waals surface area contributed by atoms with Gasteiger partial charge in [-0.25, -0.2) is 0 Å². The normalized spacial score (nSPS) is 18.1. The highest BCUT2D eigenvalue weighted by Crippen LogP contribution is 2.28. The van der Waals surface area contributed by atoms with E-state index >= 15 is 0 Å². The van der Waals surface area contributed by atoms with Crippen molar-refractivity contribution in [3.8, 4) is 0 Å². The second-order valence-corrected chi connectivity index (χ2v) is 5.50. The van der Waals surface area contributed by atoms with E-state index < -0.39 is 10.8 Å². The summed E-state index contributed by atoms with van der Waals surface area (Å²) >= 11 is 5.79. The molecule has 1 atom stereocenters. The molecule has 0 saturated carbocycles. The summed E-state index contributed by atoms with van der Waals surface area (Å²) in [6.07, 6.45) is 2.24. The highest BCUT2D eigenvalue weighted by molar-refractivity contribution is 6.33. The molecule has 0 N–H and O–H groups in total. The fraction of sp³-hybridized carbons (Fsp3) is 0.429. The largest absolute Gasteiger partial charge is 0.287 e. The Morgan fingerprint density at radius 2 is 2.24 bits per heavy atom. The second-order valence-electron chi connectivity index (χ2n) is 5.09. The fourth-order valence-corrected chi connectivity index (χ4v) is 2.77. The lowest BCUT2D eigenvalue weighted by Gasteiger charge is -2.14. The summed E-state index contributed by atoms with van der Waals surface area (Å²) in [7, 11) is 0. The summed E-state index contributed by atoms with van der Waals surface area (Å²) in [6, 6.07) is 3.74. The molecule has 2 rings (SSSR count). The van der Waals surface area contributed by atoms with Crippen molar-refractivity contribution in [2.45, 2.75) is 26.2 Å². The van der Waals surface area contributed by atoms with Gasteiger partial charge in [-0.15, -0.1) is 0 Å². The molecule has 0 radical (unpaired) electrons. The number of amides is 2. The predicted octanol–water partition coefficient (Wildman–Crippen LogP) is 3.04. The lowest BCUT2D eigenvalue weighted by molar-refractivity contribution is -0.384. The third kappa shape index (κ3) is 3.21. The van der Waals surface area contributed by atoms with E-state index in [9.17, 15) is 19.7 Å². The van der Waals surface area contributed by atoms with E-state index in [1.807, 2.05) is 6.92 Å². The van der Waals surface area contributed by atoms with Crippen LogP contribution in [0, 0.1) is 16.0 Å². The maximum absolute atomic E-state index is 12.3. The maximum Gasteiger partial charge on any atom is 0.287 e. The monoisotopic (exact) mass is 310 g/mol. The molecule has 1 unspecified atom stereocenters. The van der Waals surface area contributed by atoms with Crippen molar-refractivity contribution >= 4 is 29.1 Å². The number of likely N-dealkylation sites (tertiary alicyclic amines) is 1. The van der Waals surface area contributed by atoms with E-state index in [2.05, 4.69) is 0 Å². The second kappa shape index (κ2) is 6.22. The Morgan fingerprint density at radius 3 is 2.81 bits per heavy atom. The van der Waals surface area contributed by atoms with Gasteiger partial charge in [-0.1, -0.05) is 24.9 Å². The van der Waals surface area contributed by atoms with E-state index in [1.54, 1.807) is 0 Å². The van der Waals surface area contributed by atoms with Gasteiger partial charge in [-0.3, -0.25) is 24.6 Å². The van der Waals surface area contributed by atoms with Crippen LogP contribution in [0.4, 0.5) is 5.69 Å². The van der Waals surface area contributed by atoms with Crippen LogP contribution in [0.5, 0.6) is 0 Å². The van der Waals surface area contributed by atoms with Gasteiger partial charge in [0.2, 0.25) is 5.91 Å². The van der Waals surface area contributed by atoms with Crippen molar-refractivity contribution in [1.82, 2.24) is 4.90 Å². The maximum atomic E-state index is 12.3. The molecule has 6 nitrogen and oxygen atoms in total. The minimum absolute atomic E-state index is 0.109. The molecule has 21 heavy (non-hydrogen) atoms. The zero-order valence-corrected chi connectivity index (χ0v) is 12.3. The van der Waals surface area contributed by atoms with Gasteiger partial charge < -0.3 is 0 Å². The van der Waals surface area contributed by atoms with Crippen LogP contribution in [0.1, 0.15) is 36.5 Å². The lowest BCUT2D eigenvalue weighted by Crippen LogP contribution is -2.32. The molecule has 1 aromatic rings. The van der Waals surface area contributed by atoms with Gasteiger partial charge in [0, 0.05) is 24.6 Å². The molecule has 1 aliphatic heterocycles. The average molecular weight is 311 g/mol. The molecule has 1 fully saturated rings. The summed E-state index contributed by atoms with van der Waals surface area (Å²) in [5, 5.41) is 10.6. The first-order valence-electron chi connectivity index (χ1n) is 6.72. The summed E-state index contributed by atoms with van der Waals surface area (Å²) in [5.74, 6) is -0.455. The van der Waals surface area contributed by atoms with Crippen LogP contribution in [0.25, 0.3) is 0 Å². The third-order valence-corrected chi connectivity index (χ3v) is 3.84. The first-order chi connectivity index (χ1) is 9.93. The summed E-state index contributed by atoms with van der Waals surface area (Å²) in [5.41, 5.74) is -0.0686. The van der Waals surface area contributed by atoms with Gasteiger partial charge in [-0.2, -0.15) is 0 Å². The Balaban J connectivity index is 2.19. The van der Waals surface area contributed by atoms with Crippen LogP contribution in [0.2, 0.25) is 5.02 Å². The number of carbonyl (C=O) groups is 2. The number of benzene rings is 1. The number of halogens is 1. The van der Waals surface area contributed by atoms with E-state index in [0.29, 0.717) is 13.0 Å². The molecule has 0 aromatic heterocycles. The SMILES string of the molecule is CCCC1CC(=O)N(C(=O)c2ccc([N+](=O)[O-])c(Cl)c2)C1. The van der Waals surface area contributed by atoms with E-state index in [0.717, 1.165) is 12.8 Å². The minimum Gasteiger partial charge on any atom is -0.278 e. The number of imide groups is 1. The molecule has 0 bridgehead atoms. The van der Waals surface area contributed by atoms with Crippen LogP contribution in [0.3, 0.4) is 0 Å². The van der Waals surface area contributed by atoms with Gasteiger partial charge in [0.25, 0.3) is 11.6 Å². The van der Waals surface area contributed by atoms with Crippen molar-refractivity contribution in [2.24, 2.45) is 5.92 Å². The number of hydrogen-bond donors (Lipinski definition) is 0. The van der Waals surface area contributed by atoms with Gasteiger partial charge in [-0.05, 0) is 24.5 Å². The van der Waals surface area contributed by atoms with Crippen LogP contribution >= 0.6 is 11.6 Å². The van der Waals surface area contributed by atoms with Crippen molar-refractivity contribution in [3.63, 3.8) is 0 Å². The van der Waals surface area contributed by atoms with Crippen molar-refractivity contribution < 1.29 is 14.5 Å². The Labute approximate surface area is 126 Å². The quantitative estimate of drug-likeness (QED) is 0.486. The van der Waals surface area contributed by atoms with Crippen LogP contribution < -0.4 is 0 Å².